The van der Waals surface area contributed by atoms with E-state index in [9.17, 15) is 4.79 Å². The molecule has 3 nitrogen and oxygen atoms in total. The maximum absolute atomic E-state index is 11.3. The molecule has 0 atom stereocenters. The third-order valence-corrected chi connectivity index (χ3v) is 2.55. The minimum atomic E-state index is -0.220. The number of fused-ring (bicyclic) bond motifs is 1. The van der Waals surface area contributed by atoms with E-state index >= 15 is 0 Å². The predicted octanol–water partition coefficient (Wildman–Crippen LogP) is 2.26. The molecule has 1 aromatic heterocycles. The normalized spacial score (nSPS) is 10.4. The zero-order valence-electron chi connectivity index (χ0n) is 9.36. The Morgan fingerprint density at radius 1 is 1.44 bits per heavy atom. The van der Waals surface area contributed by atoms with Crippen LogP contribution in [0.25, 0.3) is 10.8 Å². The van der Waals surface area contributed by atoms with Gasteiger partial charge in [0.1, 0.15) is 0 Å². The lowest BCUT2D eigenvalue weighted by atomic mass is 10.0. The smallest absolute Gasteiger partial charge is 0.309 e. The summed E-state index contributed by atoms with van der Waals surface area (Å²) in [4.78, 5) is 15.5. The zero-order valence-corrected chi connectivity index (χ0v) is 9.36. The van der Waals surface area contributed by atoms with Crippen molar-refractivity contribution in [2.45, 2.75) is 13.3 Å². The van der Waals surface area contributed by atoms with Gasteiger partial charge in [-0.05, 0) is 23.9 Å². The molecule has 0 saturated heterocycles. The second-order valence-corrected chi connectivity index (χ2v) is 3.72. The molecule has 2 rings (SSSR count). The van der Waals surface area contributed by atoms with Crippen molar-refractivity contribution in [1.82, 2.24) is 4.98 Å². The highest BCUT2D eigenvalue weighted by molar-refractivity contribution is 5.88. The fraction of sp³-hybridized carbons (Fsp3) is 0.231. The van der Waals surface area contributed by atoms with Crippen LogP contribution in [0, 0.1) is 6.92 Å². The summed E-state index contributed by atoms with van der Waals surface area (Å²) >= 11 is 0. The first-order valence-corrected chi connectivity index (χ1v) is 5.12. The number of aromatic nitrogens is 1. The Kier molecular flexibility index (Phi) is 2.86. The molecule has 0 saturated carbocycles. The average molecular weight is 215 g/mol. The van der Waals surface area contributed by atoms with E-state index in [-0.39, 0.29) is 5.97 Å². The van der Waals surface area contributed by atoms with E-state index in [1.807, 2.05) is 37.4 Å². The van der Waals surface area contributed by atoms with Crippen molar-refractivity contribution in [3.8, 4) is 0 Å². The average Bonchev–Trinajstić information content (AvgIpc) is 2.29. The maximum atomic E-state index is 11.3. The van der Waals surface area contributed by atoms with Gasteiger partial charge in [-0.1, -0.05) is 18.2 Å². The third kappa shape index (κ3) is 2.03. The molecule has 0 radical (unpaired) electrons. The molecule has 1 heterocycles. The number of hydrogen-bond acceptors (Lipinski definition) is 3. The van der Waals surface area contributed by atoms with Gasteiger partial charge in [0, 0.05) is 17.3 Å². The van der Waals surface area contributed by atoms with Crippen LogP contribution in [0.2, 0.25) is 0 Å². The van der Waals surface area contributed by atoms with E-state index in [1.54, 1.807) is 0 Å². The van der Waals surface area contributed by atoms with E-state index in [0.717, 1.165) is 22.0 Å². The van der Waals surface area contributed by atoms with Crippen molar-refractivity contribution in [3.05, 3.63) is 41.7 Å². The summed E-state index contributed by atoms with van der Waals surface area (Å²) in [6, 6.07) is 7.85. The first-order valence-electron chi connectivity index (χ1n) is 5.12. The molecule has 0 N–H and O–H groups in total. The van der Waals surface area contributed by atoms with E-state index in [0.29, 0.717) is 6.42 Å². The Hall–Kier alpha value is -1.90. The number of pyridine rings is 1. The van der Waals surface area contributed by atoms with E-state index in [4.69, 9.17) is 0 Å². The molecule has 82 valence electrons. The highest BCUT2D eigenvalue weighted by Crippen LogP contribution is 2.19. The SMILES string of the molecule is COC(=O)Cc1cccc2cnc(C)cc12. The fourth-order valence-electron chi connectivity index (χ4n) is 1.72. The quantitative estimate of drug-likeness (QED) is 0.721. The topological polar surface area (TPSA) is 39.2 Å². The predicted molar refractivity (Wildman–Crippen MR) is 62.2 cm³/mol. The van der Waals surface area contributed by atoms with Gasteiger partial charge in [-0.2, -0.15) is 0 Å². The minimum absolute atomic E-state index is 0.220. The van der Waals surface area contributed by atoms with Gasteiger partial charge in [-0.3, -0.25) is 9.78 Å². The second-order valence-electron chi connectivity index (χ2n) is 3.72. The van der Waals surface area contributed by atoms with Gasteiger partial charge < -0.3 is 4.74 Å². The van der Waals surface area contributed by atoms with Crippen LogP contribution in [0.4, 0.5) is 0 Å². The Morgan fingerprint density at radius 3 is 3.00 bits per heavy atom. The van der Waals surface area contributed by atoms with Gasteiger partial charge in [-0.25, -0.2) is 0 Å². The van der Waals surface area contributed by atoms with Crippen molar-refractivity contribution in [2.24, 2.45) is 0 Å². The summed E-state index contributed by atoms with van der Waals surface area (Å²) in [6.45, 7) is 1.94. The number of esters is 1. The standard InChI is InChI=1S/C13H13NO2/c1-9-6-12-10(7-13(15)16-2)4-3-5-11(12)8-14-9/h3-6,8H,7H2,1-2H3. The third-order valence-electron chi connectivity index (χ3n) is 2.55. The molecular weight excluding hydrogens is 202 g/mol. The molecular formula is C13H13NO2. The Bertz CT molecular complexity index is 534. The number of carbonyl (C=O) groups is 1. The van der Waals surface area contributed by atoms with Crippen molar-refractivity contribution in [3.63, 3.8) is 0 Å². The highest BCUT2D eigenvalue weighted by atomic mass is 16.5. The van der Waals surface area contributed by atoms with Crippen molar-refractivity contribution in [2.75, 3.05) is 7.11 Å². The number of nitrogens with zero attached hydrogens (tertiary/aromatic N) is 1. The number of hydrogen-bond donors (Lipinski definition) is 0. The summed E-state index contributed by atoms with van der Waals surface area (Å²) in [7, 11) is 1.40. The van der Waals surface area contributed by atoms with Gasteiger partial charge >= 0.3 is 5.97 Å². The number of rotatable bonds is 2. The molecule has 2 aromatic rings. The van der Waals surface area contributed by atoms with Gasteiger partial charge in [-0.15, -0.1) is 0 Å². The Labute approximate surface area is 94.1 Å². The van der Waals surface area contributed by atoms with Crippen LogP contribution < -0.4 is 0 Å². The number of methoxy groups -OCH3 is 1. The van der Waals surface area contributed by atoms with Crippen LogP contribution >= 0.6 is 0 Å². The molecule has 0 aliphatic rings. The number of benzene rings is 1. The number of carbonyl (C=O) groups excluding carboxylic acids is 1. The van der Waals surface area contributed by atoms with E-state index in [2.05, 4.69) is 9.72 Å². The Balaban J connectivity index is 2.52. The second kappa shape index (κ2) is 4.31. The van der Waals surface area contributed by atoms with Crippen LogP contribution in [0.3, 0.4) is 0 Å². The molecule has 0 unspecified atom stereocenters. The van der Waals surface area contributed by atoms with Crippen LogP contribution in [-0.4, -0.2) is 18.1 Å². The first kappa shape index (κ1) is 10.6. The van der Waals surface area contributed by atoms with Crippen molar-refractivity contribution in [1.29, 1.82) is 0 Å². The molecule has 1 aromatic carbocycles. The van der Waals surface area contributed by atoms with Crippen LogP contribution in [0.1, 0.15) is 11.3 Å². The summed E-state index contributed by atoms with van der Waals surface area (Å²) in [5.74, 6) is -0.220. The minimum Gasteiger partial charge on any atom is -0.469 e. The lowest BCUT2D eigenvalue weighted by molar-refractivity contribution is -0.139. The molecule has 0 aliphatic heterocycles. The van der Waals surface area contributed by atoms with Gasteiger partial charge in [0.15, 0.2) is 0 Å². The summed E-state index contributed by atoms with van der Waals surface area (Å²) in [6.07, 6.45) is 2.13. The monoisotopic (exact) mass is 215 g/mol. The summed E-state index contributed by atoms with van der Waals surface area (Å²) < 4.78 is 4.68. The van der Waals surface area contributed by atoms with Gasteiger partial charge in [0.25, 0.3) is 0 Å². The van der Waals surface area contributed by atoms with Crippen LogP contribution in [-0.2, 0) is 16.0 Å². The molecule has 0 spiro atoms. The highest BCUT2D eigenvalue weighted by Gasteiger charge is 2.06. The lowest BCUT2D eigenvalue weighted by Gasteiger charge is -2.05. The van der Waals surface area contributed by atoms with Gasteiger partial charge in [0.2, 0.25) is 0 Å². The fourth-order valence-corrected chi connectivity index (χ4v) is 1.72. The first-order chi connectivity index (χ1) is 7.70. The molecule has 3 heteroatoms. The van der Waals surface area contributed by atoms with Gasteiger partial charge in [0.05, 0.1) is 13.5 Å². The summed E-state index contributed by atoms with van der Waals surface area (Å²) in [5, 5.41) is 2.12. The van der Waals surface area contributed by atoms with Crippen LogP contribution in [0.15, 0.2) is 30.5 Å². The van der Waals surface area contributed by atoms with Crippen molar-refractivity contribution < 1.29 is 9.53 Å². The lowest BCUT2D eigenvalue weighted by Crippen LogP contribution is -2.04. The van der Waals surface area contributed by atoms with E-state index in [1.165, 1.54) is 7.11 Å². The largest absolute Gasteiger partial charge is 0.469 e. The number of aryl methyl sites for hydroxylation is 1. The molecule has 16 heavy (non-hydrogen) atoms. The number of ether oxygens (including phenoxy) is 1. The molecule has 0 amide bonds. The van der Waals surface area contributed by atoms with E-state index < -0.39 is 0 Å². The molecule has 0 bridgehead atoms. The molecule has 0 fully saturated rings. The summed E-state index contributed by atoms with van der Waals surface area (Å²) in [5.41, 5.74) is 1.93. The Morgan fingerprint density at radius 2 is 2.25 bits per heavy atom. The maximum Gasteiger partial charge on any atom is 0.309 e. The zero-order chi connectivity index (χ0) is 11.5. The van der Waals surface area contributed by atoms with Crippen LogP contribution in [0.5, 0.6) is 0 Å². The molecule has 0 aliphatic carbocycles. The van der Waals surface area contributed by atoms with Crippen molar-refractivity contribution >= 4 is 16.7 Å².